The van der Waals surface area contributed by atoms with Crippen LogP contribution in [0.5, 0.6) is 5.75 Å². The highest BCUT2D eigenvalue weighted by Crippen LogP contribution is 2.22. The first-order chi connectivity index (χ1) is 8.34. The Kier molecular flexibility index (Phi) is 5.03. The minimum absolute atomic E-state index is 0.167. The van der Waals surface area contributed by atoms with E-state index in [9.17, 15) is 0 Å². The fraction of sp³-hybridized carbons (Fsp3) is 0.600. The van der Waals surface area contributed by atoms with Gasteiger partial charge in [0, 0.05) is 25.3 Å². The third-order valence-electron chi connectivity index (χ3n) is 3.40. The van der Waals surface area contributed by atoms with Gasteiger partial charge in [0.05, 0.1) is 7.11 Å². The Morgan fingerprint density at radius 3 is 2.22 bits per heavy atom. The van der Waals surface area contributed by atoms with Crippen molar-refractivity contribution >= 4 is 5.69 Å². The van der Waals surface area contributed by atoms with E-state index in [0.717, 1.165) is 18.7 Å². The lowest BCUT2D eigenvalue weighted by Crippen LogP contribution is -2.38. The Balaban J connectivity index is 2.52. The first-order valence-corrected chi connectivity index (χ1v) is 6.45. The van der Waals surface area contributed by atoms with E-state index in [4.69, 9.17) is 10.5 Å². The number of nitrogens with zero attached hydrogens (tertiary/aromatic N) is 1. The van der Waals surface area contributed by atoms with E-state index in [-0.39, 0.29) is 11.5 Å². The fourth-order valence-electron chi connectivity index (χ4n) is 1.73. The number of nitrogens with two attached hydrogens (primary N) is 1. The summed E-state index contributed by atoms with van der Waals surface area (Å²) in [4.78, 5) is 2.23. The molecule has 1 atom stereocenters. The zero-order valence-corrected chi connectivity index (χ0v) is 12.2. The molecular weight excluding hydrogens is 224 g/mol. The van der Waals surface area contributed by atoms with Crippen molar-refractivity contribution in [3.8, 4) is 5.75 Å². The summed E-state index contributed by atoms with van der Waals surface area (Å²) in [6, 6.07) is 8.33. The van der Waals surface area contributed by atoms with E-state index in [1.807, 2.05) is 12.1 Å². The molecule has 1 aromatic carbocycles. The second-order valence-electron chi connectivity index (χ2n) is 5.88. The first-order valence-electron chi connectivity index (χ1n) is 6.45. The van der Waals surface area contributed by atoms with E-state index in [2.05, 4.69) is 44.9 Å². The van der Waals surface area contributed by atoms with Gasteiger partial charge in [-0.2, -0.15) is 0 Å². The Morgan fingerprint density at radius 2 is 1.78 bits per heavy atom. The molecule has 102 valence electrons. The van der Waals surface area contributed by atoms with Gasteiger partial charge < -0.3 is 15.4 Å². The van der Waals surface area contributed by atoms with Crippen molar-refractivity contribution in [2.24, 2.45) is 11.1 Å². The molecule has 0 saturated carbocycles. The predicted molar refractivity (Wildman–Crippen MR) is 78.3 cm³/mol. The number of rotatable bonds is 5. The van der Waals surface area contributed by atoms with Crippen molar-refractivity contribution in [1.82, 2.24) is 0 Å². The minimum atomic E-state index is 0.167. The van der Waals surface area contributed by atoms with Gasteiger partial charge in [0.25, 0.3) is 0 Å². The number of methoxy groups -OCH3 is 1. The van der Waals surface area contributed by atoms with Gasteiger partial charge in [0.1, 0.15) is 5.75 Å². The monoisotopic (exact) mass is 250 g/mol. The summed E-state index contributed by atoms with van der Waals surface area (Å²) in [6.45, 7) is 7.52. The van der Waals surface area contributed by atoms with Gasteiger partial charge in [0.2, 0.25) is 0 Å². The molecule has 18 heavy (non-hydrogen) atoms. The van der Waals surface area contributed by atoms with Gasteiger partial charge in [-0.3, -0.25) is 0 Å². The second kappa shape index (κ2) is 6.10. The molecule has 0 heterocycles. The summed E-state index contributed by atoms with van der Waals surface area (Å²) in [6.07, 6.45) is 0.992. The van der Waals surface area contributed by atoms with Crippen LogP contribution in [-0.4, -0.2) is 26.7 Å². The van der Waals surface area contributed by atoms with Gasteiger partial charge in [0.15, 0.2) is 0 Å². The summed E-state index contributed by atoms with van der Waals surface area (Å²) >= 11 is 0. The standard InChI is InChI=1S/C15H26N2O/c1-15(2,3)14(16)10-11-17(4)12-6-8-13(18-5)9-7-12/h6-9,14H,10-11,16H2,1-5H3. The van der Waals surface area contributed by atoms with Crippen LogP contribution in [0.4, 0.5) is 5.69 Å². The third kappa shape index (κ3) is 4.22. The lowest BCUT2D eigenvalue weighted by molar-refractivity contribution is 0.308. The van der Waals surface area contributed by atoms with Crippen LogP contribution in [0.15, 0.2) is 24.3 Å². The van der Waals surface area contributed by atoms with E-state index >= 15 is 0 Å². The smallest absolute Gasteiger partial charge is 0.119 e. The topological polar surface area (TPSA) is 38.5 Å². The molecule has 0 aliphatic carbocycles. The molecule has 0 bridgehead atoms. The summed E-state index contributed by atoms with van der Waals surface area (Å²) in [7, 11) is 3.78. The molecule has 0 aliphatic rings. The van der Waals surface area contributed by atoms with Crippen LogP contribution < -0.4 is 15.4 Å². The molecule has 2 N–H and O–H groups in total. The highest BCUT2D eigenvalue weighted by atomic mass is 16.5. The molecular formula is C15H26N2O. The molecule has 1 aromatic rings. The average molecular weight is 250 g/mol. The molecule has 0 amide bonds. The van der Waals surface area contributed by atoms with Gasteiger partial charge in [-0.15, -0.1) is 0 Å². The largest absolute Gasteiger partial charge is 0.497 e. The zero-order valence-electron chi connectivity index (χ0n) is 12.2. The highest BCUT2D eigenvalue weighted by Gasteiger charge is 2.20. The summed E-state index contributed by atoms with van der Waals surface area (Å²) in [5, 5.41) is 0. The van der Waals surface area contributed by atoms with Crippen molar-refractivity contribution in [3.63, 3.8) is 0 Å². The molecule has 0 spiro atoms. The number of anilines is 1. The number of benzene rings is 1. The van der Waals surface area contributed by atoms with Crippen LogP contribution in [-0.2, 0) is 0 Å². The van der Waals surface area contributed by atoms with E-state index in [1.54, 1.807) is 7.11 Å². The van der Waals surface area contributed by atoms with Gasteiger partial charge in [-0.25, -0.2) is 0 Å². The quantitative estimate of drug-likeness (QED) is 0.873. The molecule has 0 saturated heterocycles. The summed E-state index contributed by atoms with van der Waals surface area (Å²) in [5.74, 6) is 0.888. The van der Waals surface area contributed by atoms with E-state index in [1.165, 1.54) is 5.69 Å². The summed E-state index contributed by atoms with van der Waals surface area (Å²) < 4.78 is 5.15. The average Bonchev–Trinajstić information content (AvgIpc) is 2.34. The van der Waals surface area contributed by atoms with Crippen LogP contribution >= 0.6 is 0 Å². The first kappa shape index (κ1) is 14.8. The molecule has 0 fully saturated rings. The number of hydrogen-bond acceptors (Lipinski definition) is 3. The van der Waals surface area contributed by atoms with Crippen LogP contribution in [0.1, 0.15) is 27.2 Å². The predicted octanol–water partition coefficient (Wildman–Crippen LogP) is 2.89. The molecule has 3 nitrogen and oxygen atoms in total. The van der Waals surface area contributed by atoms with Crippen LogP contribution in [0.2, 0.25) is 0 Å². The Morgan fingerprint density at radius 1 is 1.22 bits per heavy atom. The fourth-order valence-corrected chi connectivity index (χ4v) is 1.73. The second-order valence-corrected chi connectivity index (χ2v) is 5.88. The molecule has 0 radical (unpaired) electrons. The van der Waals surface area contributed by atoms with Gasteiger partial charge in [-0.05, 0) is 36.1 Å². The third-order valence-corrected chi connectivity index (χ3v) is 3.40. The SMILES string of the molecule is COc1ccc(N(C)CCC(N)C(C)(C)C)cc1. The number of ether oxygens (including phenoxy) is 1. The van der Waals surface area contributed by atoms with Crippen LogP contribution in [0, 0.1) is 5.41 Å². The molecule has 0 aliphatic heterocycles. The Hall–Kier alpha value is -1.22. The number of hydrogen-bond donors (Lipinski definition) is 1. The van der Waals surface area contributed by atoms with Gasteiger partial charge >= 0.3 is 0 Å². The maximum atomic E-state index is 6.18. The minimum Gasteiger partial charge on any atom is -0.497 e. The summed E-state index contributed by atoms with van der Waals surface area (Å²) in [5.41, 5.74) is 7.54. The van der Waals surface area contributed by atoms with Crippen LogP contribution in [0.25, 0.3) is 0 Å². The van der Waals surface area contributed by atoms with E-state index in [0.29, 0.717) is 0 Å². The molecule has 1 unspecified atom stereocenters. The van der Waals surface area contributed by atoms with E-state index < -0.39 is 0 Å². The molecule has 1 rings (SSSR count). The molecule has 3 heteroatoms. The van der Waals surface area contributed by atoms with Crippen molar-refractivity contribution in [2.75, 3.05) is 25.6 Å². The van der Waals surface area contributed by atoms with Gasteiger partial charge in [-0.1, -0.05) is 20.8 Å². The van der Waals surface area contributed by atoms with Crippen molar-refractivity contribution in [1.29, 1.82) is 0 Å². The maximum Gasteiger partial charge on any atom is 0.119 e. The van der Waals surface area contributed by atoms with Crippen molar-refractivity contribution < 1.29 is 4.74 Å². The van der Waals surface area contributed by atoms with Crippen molar-refractivity contribution in [3.05, 3.63) is 24.3 Å². The highest BCUT2D eigenvalue weighted by molar-refractivity contribution is 5.48. The van der Waals surface area contributed by atoms with Crippen molar-refractivity contribution in [2.45, 2.75) is 33.2 Å². The maximum absolute atomic E-state index is 6.18. The Bertz CT molecular complexity index is 354. The normalized spacial score (nSPS) is 13.2. The molecule has 0 aromatic heterocycles. The zero-order chi connectivity index (χ0) is 13.8. The Labute approximate surface area is 111 Å². The lowest BCUT2D eigenvalue weighted by atomic mass is 9.85. The lowest BCUT2D eigenvalue weighted by Gasteiger charge is -2.29. The van der Waals surface area contributed by atoms with Crippen LogP contribution in [0.3, 0.4) is 0 Å².